The van der Waals surface area contributed by atoms with Crippen LogP contribution < -0.4 is 5.32 Å². The monoisotopic (exact) mass is 270 g/mol. The van der Waals surface area contributed by atoms with Gasteiger partial charge in [-0.3, -0.25) is 10.1 Å². The minimum Gasteiger partial charge on any atom is -0.307 e. The predicted octanol–water partition coefficient (Wildman–Crippen LogP) is 3.30. The molecule has 0 heterocycles. The second-order valence-electron chi connectivity index (χ2n) is 5.27. The Hall–Kier alpha value is -1.56. The molecule has 1 aromatic rings. The van der Waals surface area contributed by atoms with E-state index in [4.69, 9.17) is 0 Å². The Kier molecular flexibility index (Phi) is 3.80. The van der Waals surface area contributed by atoms with Crippen LogP contribution in [0.3, 0.4) is 0 Å². The maximum atomic E-state index is 13.6. The number of hydrogen-bond acceptors (Lipinski definition) is 3. The summed E-state index contributed by atoms with van der Waals surface area (Å²) in [6, 6.07) is 1.54. The zero-order valence-corrected chi connectivity index (χ0v) is 10.7. The minimum atomic E-state index is -1.14. The molecule has 1 aliphatic carbocycles. The molecule has 1 fully saturated rings. The Morgan fingerprint density at radius 2 is 1.95 bits per heavy atom. The van der Waals surface area contributed by atoms with Gasteiger partial charge in [0, 0.05) is 29.8 Å². The molecular formula is C13H16F2N2O2. The fourth-order valence-electron chi connectivity index (χ4n) is 2.50. The lowest BCUT2D eigenvalue weighted by Gasteiger charge is -2.25. The summed E-state index contributed by atoms with van der Waals surface area (Å²) >= 11 is 0. The quantitative estimate of drug-likeness (QED) is 0.674. The molecule has 1 saturated carbocycles. The van der Waals surface area contributed by atoms with Gasteiger partial charge in [-0.15, -0.1) is 0 Å². The van der Waals surface area contributed by atoms with E-state index >= 15 is 0 Å². The van der Waals surface area contributed by atoms with Crippen LogP contribution >= 0.6 is 0 Å². The van der Waals surface area contributed by atoms with E-state index in [1.165, 1.54) is 0 Å². The van der Waals surface area contributed by atoms with Crippen molar-refractivity contribution in [1.82, 2.24) is 5.32 Å². The minimum absolute atomic E-state index is 0.0599. The first-order valence-corrected chi connectivity index (χ1v) is 6.29. The van der Waals surface area contributed by atoms with Crippen LogP contribution in [0, 0.1) is 21.7 Å². The first-order chi connectivity index (χ1) is 8.91. The van der Waals surface area contributed by atoms with Gasteiger partial charge < -0.3 is 5.32 Å². The smallest absolute Gasteiger partial charge is 0.305 e. The fourth-order valence-corrected chi connectivity index (χ4v) is 2.50. The number of nitrogens with one attached hydrogen (secondary N) is 1. The molecule has 0 saturated heterocycles. The molecular weight excluding hydrogens is 254 g/mol. The largest absolute Gasteiger partial charge is 0.307 e. The van der Waals surface area contributed by atoms with Crippen LogP contribution in [0.2, 0.25) is 0 Å². The Balaban J connectivity index is 2.15. The molecule has 104 valence electrons. The second kappa shape index (κ2) is 5.21. The molecule has 0 radical (unpaired) electrons. The van der Waals surface area contributed by atoms with E-state index in [2.05, 4.69) is 12.2 Å². The van der Waals surface area contributed by atoms with Crippen molar-refractivity contribution < 1.29 is 13.7 Å². The normalized spacial score (nSPS) is 17.6. The van der Waals surface area contributed by atoms with Crippen molar-refractivity contribution in [2.75, 3.05) is 0 Å². The van der Waals surface area contributed by atoms with Gasteiger partial charge in [0.15, 0.2) is 0 Å². The van der Waals surface area contributed by atoms with Crippen LogP contribution in [-0.4, -0.2) is 10.5 Å². The van der Waals surface area contributed by atoms with E-state index in [1.807, 2.05) is 0 Å². The highest BCUT2D eigenvalue weighted by molar-refractivity contribution is 5.37. The molecule has 0 spiro atoms. The highest BCUT2D eigenvalue weighted by Crippen LogP contribution is 2.30. The molecule has 0 unspecified atom stereocenters. The fraction of sp³-hybridized carbons (Fsp3) is 0.538. The van der Waals surface area contributed by atoms with Gasteiger partial charge in [-0.2, -0.15) is 4.39 Å². The summed E-state index contributed by atoms with van der Waals surface area (Å²) in [5, 5.41) is 13.8. The van der Waals surface area contributed by atoms with Crippen LogP contribution in [0.1, 0.15) is 38.2 Å². The third kappa shape index (κ3) is 3.07. The zero-order chi connectivity index (χ0) is 14.0. The van der Waals surface area contributed by atoms with Gasteiger partial charge in [0.25, 0.3) is 0 Å². The lowest BCUT2D eigenvalue weighted by Crippen LogP contribution is -2.39. The lowest BCUT2D eigenvalue weighted by atomic mass is 10.00. The molecule has 1 N–H and O–H groups in total. The van der Waals surface area contributed by atoms with Gasteiger partial charge in [-0.25, -0.2) is 4.39 Å². The van der Waals surface area contributed by atoms with Crippen molar-refractivity contribution in [3.05, 3.63) is 39.4 Å². The molecule has 0 aromatic heterocycles. The molecule has 2 rings (SSSR count). The Morgan fingerprint density at radius 1 is 1.32 bits per heavy atom. The van der Waals surface area contributed by atoms with Gasteiger partial charge in [0.05, 0.1) is 4.92 Å². The third-order valence-corrected chi connectivity index (χ3v) is 3.73. The molecule has 19 heavy (non-hydrogen) atoms. The first kappa shape index (κ1) is 13.9. The number of nitrogens with zero attached hydrogens (tertiary/aromatic N) is 1. The van der Waals surface area contributed by atoms with Crippen LogP contribution in [0.15, 0.2) is 12.1 Å². The highest BCUT2D eigenvalue weighted by Gasteiger charge is 2.28. The summed E-state index contributed by atoms with van der Waals surface area (Å²) in [5.74, 6) is -1.89. The SMILES string of the molecule is CC1(NCc2cc([N+](=O)[O-])c(F)cc2F)CCCC1. The van der Waals surface area contributed by atoms with Gasteiger partial charge in [0.1, 0.15) is 5.82 Å². The van der Waals surface area contributed by atoms with Crippen LogP contribution in [0.25, 0.3) is 0 Å². The first-order valence-electron chi connectivity index (χ1n) is 6.29. The zero-order valence-electron chi connectivity index (χ0n) is 10.7. The summed E-state index contributed by atoms with van der Waals surface area (Å²) in [6.07, 6.45) is 4.24. The number of hydrogen-bond donors (Lipinski definition) is 1. The van der Waals surface area contributed by atoms with E-state index < -0.39 is 22.2 Å². The molecule has 6 heteroatoms. The number of rotatable bonds is 4. The van der Waals surface area contributed by atoms with E-state index in [0.717, 1.165) is 31.7 Å². The Labute approximate surface area is 110 Å². The highest BCUT2D eigenvalue weighted by atomic mass is 19.1. The predicted molar refractivity (Wildman–Crippen MR) is 66.7 cm³/mol. The summed E-state index contributed by atoms with van der Waals surface area (Å²) in [5.41, 5.74) is -0.619. The number of nitro benzene ring substituents is 1. The maximum Gasteiger partial charge on any atom is 0.305 e. The van der Waals surface area contributed by atoms with Gasteiger partial charge in [-0.1, -0.05) is 12.8 Å². The van der Waals surface area contributed by atoms with Crippen molar-refractivity contribution in [2.24, 2.45) is 0 Å². The van der Waals surface area contributed by atoms with Crippen molar-refractivity contribution in [3.8, 4) is 0 Å². The van der Waals surface area contributed by atoms with E-state index in [9.17, 15) is 18.9 Å². The van der Waals surface area contributed by atoms with Crippen molar-refractivity contribution in [1.29, 1.82) is 0 Å². The average Bonchev–Trinajstić information content (AvgIpc) is 2.75. The number of benzene rings is 1. The van der Waals surface area contributed by atoms with E-state index in [1.54, 1.807) is 0 Å². The van der Waals surface area contributed by atoms with E-state index in [0.29, 0.717) is 6.07 Å². The molecule has 0 aliphatic heterocycles. The van der Waals surface area contributed by atoms with Gasteiger partial charge >= 0.3 is 5.69 Å². The van der Waals surface area contributed by atoms with Crippen LogP contribution in [0.5, 0.6) is 0 Å². The molecule has 4 nitrogen and oxygen atoms in total. The molecule has 1 aromatic carbocycles. The van der Waals surface area contributed by atoms with Crippen LogP contribution in [-0.2, 0) is 6.54 Å². The topological polar surface area (TPSA) is 55.2 Å². The summed E-state index contributed by atoms with van der Waals surface area (Å²) in [7, 11) is 0. The standard InChI is InChI=1S/C13H16F2N2O2/c1-13(4-2-3-5-13)16-8-9-6-12(17(18)19)11(15)7-10(9)14/h6-7,16H,2-5,8H2,1H3. The number of nitro groups is 1. The molecule has 0 bridgehead atoms. The average molecular weight is 270 g/mol. The third-order valence-electron chi connectivity index (χ3n) is 3.73. The van der Waals surface area contributed by atoms with Gasteiger partial charge in [0.2, 0.25) is 5.82 Å². The van der Waals surface area contributed by atoms with Crippen molar-refractivity contribution >= 4 is 5.69 Å². The van der Waals surface area contributed by atoms with Crippen molar-refractivity contribution in [3.63, 3.8) is 0 Å². The molecule has 1 aliphatic rings. The second-order valence-corrected chi connectivity index (χ2v) is 5.27. The van der Waals surface area contributed by atoms with E-state index in [-0.39, 0.29) is 17.6 Å². The lowest BCUT2D eigenvalue weighted by molar-refractivity contribution is -0.387. The van der Waals surface area contributed by atoms with Gasteiger partial charge in [-0.05, 0) is 19.8 Å². The number of halogens is 2. The summed E-state index contributed by atoms with van der Waals surface area (Å²) in [4.78, 5) is 9.79. The van der Waals surface area contributed by atoms with Crippen LogP contribution in [0.4, 0.5) is 14.5 Å². The Morgan fingerprint density at radius 3 is 2.53 bits per heavy atom. The molecule has 0 atom stereocenters. The maximum absolute atomic E-state index is 13.6. The summed E-state index contributed by atoms with van der Waals surface area (Å²) in [6.45, 7) is 2.22. The van der Waals surface area contributed by atoms with Crippen molar-refractivity contribution in [2.45, 2.75) is 44.7 Å². The summed E-state index contributed by atoms with van der Waals surface area (Å²) < 4.78 is 26.8. The Bertz CT molecular complexity index is 500. The molecule has 0 amide bonds.